The minimum absolute atomic E-state index is 0.400. The van der Waals surface area contributed by atoms with Crippen LogP contribution in [0.5, 0.6) is 0 Å². The van der Waals surface area contributed by atoms with E-state index in [1.807, 2.05) is 13.8 Å². The quantitative estimate of drug-likeness (QED) is 0.612. The van der Waals surface area contributed by atoms with E-state index in [0.717, 1.165) is 0 Å². The second-order valence-electron chi connectivity index (χ2n) is 5.58. The number of nitrogens with two attached hydrogens (primary N) is 3. The third-order valence-corrected chi connectivity index (χ3v) is 2.78. The number of carbonyl (C=O) groups is 1. The Morgan fingerprint density at radius 1 is 1.07 bits per heavy atom. The van der Waals surface area contributed by atoms with E-state index in [9.17, 15) is 4.79 Å². The molecule has 0 aromatic carbocycles. The van der Waals surface area contributed by atoms with Gasteiger partial charge in [0.25, 0.3) is 0 Å². The second kappa shape index (κ2) is 3.51. The molecule has 0 saturated heterocycles. The van der Waals surface area contributed by atoms with Crippen molar-refractivity contribution in [3.63, 3.8) is 0 Å². The molecule has 0 heterocycles. The van der Waals surface area contributed by atoms with Gasteiger partial charge in [-0.15, -0.1) is 0 Å². The molecular weight excluding hydrogens is 178 g/mol. The Bertz CT molecular complexity index is 225. The Kier molecular flexibility index (Phi) is 3.36. The predicted octanol–water partition coefficient (Wildman–Crippen LogP) is 0.343. The molecule has 0 aliphatic rings. The summed E-state index contributed by atoms with van der Waals surface area (Å²) in [4.78, 5) is 11.4. The molecule has 1 atom stereocenters. The van der Waals surface area contributed by atoms with Crippen molar-refractivity contribution in [1.82, 2.24) is 0 Å². The van der Waals surface area contributed by atoms with Gasteiger partial charge in [0, 0.05) is 11.1 Å². The molecule has 4 nitrogen and oxygen atoms in total. The molecule has 0 fully saturated rings. The Balaban J connectivity index is 5.04. The maximum Gasteiger partial charge on any atom is 0.225 e. The highest BCUT2D eigenvalue weighted by Crippen LogP contribution is 2.35. The molecule has 6 N–H and O–H groups in total. The van der Waals surface area contributed by atoms with Gasteiger partial charge >= 0.3 is 0 Å². The molecule has 0 spiro atoms. The molecule has 0 radical (unpaired) electrons. The summed E-state index contributed by atoms with van der Waals surface area (Å²) >= 11 is 0. The summed E-state index contributed by atoms with van der Waals surface area (Å²) < 4.78 is 0. The molecule has 14 heavy (non-hydrogen) atoms. The Hall–Kier alpha value is -0.610. The van der Waals surface area contributed by atoms with Gasteiger partial charge in [-0.25, -0.2) is 0 Å². The third kappa shape index (κ3) is 2.96. The van der Waals surface area contributed by atoms with Gasteiger partial charge < -0.3 is 17.2 Å². The second-order valence-corrected chi connectivity index (χ2v) is 5.58. The van der Waals surface area contributed by atoms with E-state index in [1.54, 1.807) is 20.8 Å². The molecule has 1 amide bonds. The fourth-order valence-electron chi connectivity index (χ4n) is 1.54. The molecule has 0 aromatic rings. The monoisotopic (exact) mass is 201 g/mol. The van der Waals surface area contributed by atoms with Gasteiger partial charge in [-0.3, -0.25) is 4.79 Å². The minimum atomic E-state index is -0.786. The summed E-state index contributed by atoms with van der Waals surface area (Å²) in [5.74, 6) is -0.400. The zero-order valence-electron chi connectivity index (χ0n) is 9.85. The Morgan fingerprint density at radius 3 is 1.50 bits per heavy atom. The number of carbonyl (C=O) groups excluding carboxylic acids is 1. The van der Waals surface area contributed by atoms with Gasteiger partial charge in [0.2, 0.25) is 5.91 Å². The number of primary amides is 1. The van der Waals surface area contributed by atoms with Crippen LogP contribution in [0.15, 0.2) is 0 Å². The number of amides is 1. The van der Waals surface area contributed by atoms with Crippen LogP contribution in [-0.2, 0) is 4.79 Å². The van der Waals surface area contributed by atoms with Crippen LogP contribution in [0.3, 0.4) is 0 Å². The maximum absolute atomic E-state index is 11.4. The average Bonchev–Trinajstić information content (AvgIpc) is 1.79. The Morgan fingerprint density at radius 2 is 1.43 bits per heavy atom. The third-order valence-electron chi connectivity index (χ3n) is 2.78. The SMILES string of the molecule is CC(C)(N)CC(C)(C(N)=O)C(C)(C)N. The van der Waals surface area contributed by atoms with Crippen LogP contribution in [0.25, 0.3) is 0 Å². The molecular formula is C10H23N3O. The van der Waals surface area contributed by atoms with E-state index in [0.29, 0.717) is 6.42 Å². The molecule has 0 aliphatic carbocycles. The summed E-state index contributed by atoms with van der Waals surface area (Å²) in [6.45, 7) is 9.08. The van der Waals surface area contributed by atoms with Gasteiger partial charge in [0.05, 0.1) is 5.41 Å². The molecule has 0 aromatic heterocycles. The first kappa shape index (κ1) is 13.4. The summed E-state index contributed by atoms with van der Waals surface area (Å²) in [5.41, 5.74) is 15.3. The van der Waals surface area contributed by atoms with Crippen LogP contribution in [-0.4, -0.2) is 17.0 Å². The lowest BCUT2D eigenvalue weighted by Gasteiger charge is -2.42. The maximum atomic E-state index is 11.4. The molecule has 0 saturated carbocycles. The Labute approximate surface area is 86.2 Å². The highest BCUT2D eigenvalue weighted by atomic mass is 16.1. The zero-order valence-corrected chi connectivity index (χ0v) is 9.85. The van der Waals surface area contributed by atoms with Crippen molar-refractivity contribution < 1.29 is 4.79 Å². The van der Waals surface area contributed by atoms with Crippen LogP contribution in [0, 0.1) is 5.41 Å². The molecule has 0 bridgehead atoms. The normalized spacial score (nSPS) is 17.6. The summed E-state index contributed by atoms with van der Waals surface area (Å²) in [7, 11) is 0. The fraction of sp³-hybridized carbons (Fsp3) is 0.900. The molecule has 84 valence electrons. The molecule has 4 heteroatoms. The van der Waals surface area contributed by atoms with Crippen molar-refractivity contribution in [3.8, 4) is 0 Å². The molecule has 0 rings (SSSR count). The summed E-state index contributed by atoms with van der Waals surface area (Å²) in [6, 6.07) is 0. The lowest BCUT2D eigenvalue weighted by atomic mass is 9.66. The number of hydrogen-bond acceptors (Lipinski definition) is 3. The van der Waals surface area contributed by atoms with E-state index >= 15 is 0 Å². The fourth-order valence-corrected chi connectivity index (χ4v) is 1.54. The minimum Gasteiger partial charge on any atom is -0.369 e. The molecule has 0 aliphatic heterocycles. The van der Waals surface area contributed by atoms with Crippen LogP contribution in [0.1, 0.15) is 41.0 Å². The van der Waals surface area contributed by atoms with Gasteiger partial charge in [-0.1, -0.05) is 0 Å². The lowest BCUT2D eigenvalue weighted by Crippen LogP contribution is -2.59. The highest BCUT2D eigenvalue weighted by molar-refractivity contribution is 5.82. The predicted molar refractivity (Wildman–Crippen MR) is 58.5 cm³/mol. The topological polar surface area (TPSA) is 95.1 Å². The van der Waals surface area contributed by atoms with Crippen molar-refractivity contribution in [2.24, 2.45) is 22.6 Å². The first-order valence-corrected chi connectivity index (χ1v) is 4.78. The zero-order chi connectivity index (χ0) is 11.8. The standard InChI is InChI=1S/C10H23N3O/c1-8(2,12)6-10(5,7(11)14)9(3,4)13/h6,12-13H2,1-5H3,(H2,11,14). The van der Waals surface area contributed by atoms with E-state index in [-0.39, 0.29) is 0 Å². The van der Waals surface area contributed by atoms with Gasteiger partial charge in [0.1, 0.15) is 0 Å². The van der Waals surface area contributed by atoms with Gasteiger partial charge in [0.15, 0.2) is 0 Å². The van der Waals surface area contributed by atoms with Crippen LogP contribution < -0.4 is 17.2 Å². The van der Waals surface area contributed by atoms with Crippen LogP contribution in [0.2, 0.25) is 0 Å². The first-order valence-electron chi connectivity index (χ1n) is 4.78. The van der Waals surface area contributed by atoms with Crippen molar-refractivity contribution in [3.05, 3.63) is 0 Å². The van der Waals surface area contributed by atoms with Crippen molar-refractivity contribution in [2.75, 3.05) is 0 Å². The van der Waals surface area contributed by atoms with E-state index in [2.05, 4.69) is 0 Å². The van der Waals surface area contributed by atoms with Crippen LogP contribution in [0.4, 0.5) is 0 Å². The molecule has 1 unspecified atom stereocenters. The van der Waals surface area contributed by atoms with E-state index in [4.69, 9.17) is 17.2 Å². The van der Waals surface area contributed by atoms with E-state index in [1.165, 1.54) is 0 Å². The number of hydrogen-bond donors (Lipinski definition) is 3. The van der Waals surface area contributed by atoms with E-state index < -0.39 is 22.4 Å². The van der Waals surface area contributed by atoms with Crippen LogP contribution >= 0.6 is 0 Å². The summed E-state index contributed by atoms with van der Waals surface area (Å²) in [5, 5.41) is 0. The summed E-state index contributed by atoms with van der Waals surface area (Å²) in [6.07, 6.45) is 0.471. The van der Waals surface area contributed by atoms with Gasteiger partial charge in [-0.2, -0.15) is 0 Å². The highest BCUT2D eigenvalue weighted by Gasteiger charge is 2.45. The number of rotatable bonds is 4. The smallest absolute Gasteiger partial charge is 0.225 e. The van der Waals surface area contributed by atoms with Crippen molar-refractivity contribution in [2.45, 2.75) is 52.1 Å². The largest absolute Gasteiger partial charge is 0.369 e. The lowest BCUT2D eigenvalue weighted by molar-refractivity contribution is -0.131. The van der Waals surface area contributed by atoms with Crippen molar-refractivity contribution >= 4 is 5.91 Å². The first-order chi connectivity index (χ1) is 5.90. The average molecular weight is 201 g/mol. The van der Waals surface area contributed by atoms with Crippen molar-refractivity contribution in [1.29, 1.82) is 0 Å². The van der Waals surface area contributed by atoms with Gasteiger partial charge in [-0.05, 0) is 41.0 Å².